The monoisotopic (exact) mass is 432 g/mol. The van der Waals surface area contributed by atoms with Crippen LogP contribution in [0.15, 0.2) is 48.3 Å². The fraction of sp³-hybridized carbons (Fsp3) is 0.542. The molecule has 0 aromatic rings. The van der Waals surface area contributed by atoms with Gasteiger partial charge in [0.05, 0.1) is 17.8 Å². The first-order chi connectivity index (χ1) is 14.3. The Labute approximate surface area is 183 Å². The van der Waals surface area contributed by atoms with Crippen LogP contribution >= 0.6 is 0 Å². The number of carbonyl (C=O) groups excluding carboxylic acids is 3. The smallest absolute Gasteiger partial charge is 0.305 e. The van der Waals surface area contributed by atoms with Gasteiger partial charge in [-0.25, -0.2) is 0 Å². The van der Waals surface area contributed by atoms with Crippen LogP contribution in [-0.4, -0.2) is 40.3 Å². The zero-order valence-electron chi connectivity index (χ0n) is 18.8. The third kappa shape index (κ3) is 6.92. The van der Waals surface area contributed by atoms with Crippen molar-refractivity contribution >= 4 is 17.7 Å². The van der Waals surface area contributed by atoms with Gasteiger partial charge in [0, 0.05) is 25.3 Å². The van der Waals surface area contributed by atoms with Crippen molar-refractivity contribution in [3.63, 3.8) is 0 Å². The lowest BCUT2D eigenvalue weighted by Gasteiger charge is -2.38. The second-order valence-corrected chi connectivity index (χ2v) is 8.88. The zero-order chi connectivity index (χ0) is 23.4. The van der Waals surface area contributed by atoms with Crippen molar-refractivity contribution in [2.24, 2.45) is 11.8 Å². The molecule has 0 spiro atoms. The van der Waals surface area contributed by atoms with Gasteiger partial charge in [-0.1, -0.05) is 18.2 Å². The molecule has 1 N–H and O–H groups in total. The van der Waals surface area contributed by atoms with E-state index in [1.165, 1.54) is 32.3 Å². The molecule has 0 saturated heterocycles. The summed E-state index contributed by atoms with van der Waals surface area (Å²) in [6.07, 6.45) is 8.21. The summed E-state index contributed by atoms with van der Waals surface area (Å²) in [4.78, 5) is 36.2. The Balaban J connectivity index is 2.45. The predicted octanol–water partition coefficient (Wildman–Crippen LogP) is 3.54. The molecule has 2 rings (SSSR count). The average Bonchev–Trinajstić information content (AvgIpc) is 2.67. The molecule has 1 heterocycles. The second-order valence-electron chi connectivity index (χ2n) is 8.88. The van der Waals surface area contributed by atoms with Crippen molar-refractivity contribution in [3.05, 3.63) is 48.3 Å². The van der Waals surface area contributed by atoms with Crippen LogP contribution < -0.4 is 0 Å². The van der Waals surface area contributed by atoms with Crippen LogP contribution in [0.1, 0.15) is 53.9 Å². The number of ether oxygens (including phenoxy) is 3. The van der Waals surface area contributed by atoms with Crippen LogP contribution in [0.5, 0.6) is 0 Å². The molecule has 0 aromatic heterocycles. The molecule has 0 aromatic carbocycles. The van der Waals surface area contributed by atoms with Gasteiger partial charge in [0.25, 0.3) is 0 Å². The molecule has 1 aliphatic carbocycles. The number of carbonyl (C=O) groups is 3. The molecule has 2 aliphatic rings. The Morgan fingerprint density at radius 1 is 1.29 bits per heavy atom. The van der Waals surface area contributed by atoms with Crippen molar-refractivity contribution in [2.45, 2.75) is 71.4 Å². The first-order valence-electron chi connectivity index (χ1n) is 10.3. The van der Waals surface area contributed by atoms with Crippen molar-refractivity contribution < 1.29 is 33.7 Å². The lowest BCUT2D eigenvalue weighted by molar-refractivity contribution is -0.180. The summed E-state index contributed by atoms with van der Waals surface area (Å²) in [5, 5.41) is 9.93. The maximum absolute atomic E-state index is 13.0. The van der Waals surface area contributed by atoms with Gasteiger partial charge < -0.3 is 19.3 Å². The van der Waals surface area contributed by atoms with Crippen LogP contribution in [0.4, 0.5) is 0 Å². The first-order valence-corrected chi connectivity index (χ1v) is 10.3. The normalized spacial score (nSPS) is 30.1. The molecule has 0 radical (unpaired) electrons. The molecule has 4 atom stereocenters. The van der Waals surface area contributed by atoms with Crippen LogP contribution in [-0.2, 0) is 28.6 Å². The molecular formula is C24H32O7. The Bertz CT molecular complexity index is 827. The van der Waals surface area contributed by atoms with E-state index in [1.807, 2.05) is 19.1 Å². The number of hydrogen-bond acceptors (Lipinski definition) is 7. The van der Waals surface area contributed by atoms with Gasteiger partial charge in [-0.2, -0.15) is 0 Å². The van der Waals surface area contributed by atoms with Crippen LogP contribution in [0, 0.1) is 11.8 Å². The van der Waals surface area contributed by atoms with Crippen LogP contribution in [0.25, 0.3) is 0 Å². The number of rotatable bonds is 5. The molecule has 7 heteroatoms. The molecule has 0 saturated carbocycles. The number of hydrogen-bond donors (Lipinski definition) is 1. The highest BCUT2D eigenvalue weighted by Crippen LogP contribution is 2.42. The van der Waals surface area contributed by atoms with Crippen molar-refractivity contribution in [1.29, 1.82) is 0 Å². The number of esters is 2. The number of ketones is 1. The van der Waals surface area contributed by atoms with Crippen LogP contribution in [0.3, 0.4) is 0 Å². The van der Waals surface area contributed by atoms with Crippen LogP contribution in [0.2, 0.25) is 0 Å². The van der Waals surface area contributed by atoms with E-state index in [1.54, 1.807) is 13.8 Å². The Kier molecular flexibility index (Phi) is 7.65. The topological polar surface area (TPSA) is 99.1 Å². The molecule has 0 fully saturated rings. The largest absolute Gasteiger partial charge is 0.461 e. The average molecular weight is 433 g/mol. The van der Waals surface area contributed by atoms with E-state index in [4.69, 9.17) is 14.2 Å². The van der Waals surface area contributed by atoms with E-state index in [0.717, 1.165) is 5.57 Å². The molecule has 1 aliphatic heterocycles. The van der Waals surface area contributed by atoms with Gasteiger partial charge >= 0.3 is 11.9 Å². The molecular weight excluding hydrogens is 400 g/mol. The third-order valence-electron chi connectivity index (χ3n) is 5.32. The third-order valence-corrected chi connectivity index (χ3v) is 5.32. The van der Waals surface area contributed by atoms with E-state index in [9.17, 15) is 19.5 Å². The van der Waals surface area contributed by atoms with E-state index in [2.05, 4.69) is 6.58 Å². The Morgan fingerprint density at radius 2 is 1.97 bits per heavy atom. The van der Waals surface area contributed by atoms with Gasteiger partial charge in [-0.15, -0.1) is 0 Å². The quantitative estimate of drug-likeness (QED) is 0.403. The fourth-order valence-corrected chi connectivity index (χ4v) is 3.92. The minimum Gasteiger partial charge on any atom is -0.461 e. The highest BCUT2D eigenvalue weighted by molar-refractivity contribution is 6.04. The molecule has 170 valence electrons. The lowest BCUT2D eigenvalue weighted by Crippen LogP contribution is -2.40. The minimum absolute atomic E-state index is 0.312. The van der Waals surface area contributed by atoms with Crippen molar-refractivity contribution in [3.8, 4) is 0 Å². The SMILES string of the molecule is C=C1C/C=C/[C@](C)(OC(C)=O)CC[C@@H]2C(C(=O)/C=C/C(C)(C)O)=CO[C@@H](OC(C)=O)[C@@H]12. The summed E-state index contributed by atoms with van der Waals surface area (Å²) in [5.41, 5.74) is -0.856. The minimum atomic E-state index is -1.15. The summed E-state index contributed by atoms with van der Waals surface area (Å²) in [6.45, 7) is 11.8. The number of allylic oxidation sites excluding steroid dienone is 3. The van der Waals surface area contributed by atoms with E-state index in [-0.39, 0.29) is 11.7 Å². The molecule has 0 unspecified atom stereocenters. The van der Waals surface area contributed by atoms with E-state index >= 15 is 0 Å². The maximum Gasteiger partial charge on any atom is 0.305 e. The summed E-state index contributed by atoms with van der Waals surface area (Å²) < 4.78 is 16.6. The second kappa shape index (κ2) is 9.64. The lowest BCUT2D eigenvalue weighted by atomic mass is 9.74. The van der Waals surface area contributed by atoms with Gasteiger partial charge in [0.2, 0.25) is 6.29 Å². The number of fused-ring (bicyclic) bond motifs is 1. The summed E-state index contributed by atoms with van der Waals surface area (Å²) >= 11 is 0. The highest BCUT2D eigenvalue weighted by atomic mass is 16.7. The Morgan fingerprint density at radius 3 is 2.55 bits per heavy atom. The highest BCUT2D eigenvalue weighted by Gasteiger charge is 2.43. The van der Waals surface area contributed by atoms with Gasteiger partial charge in [-0.3, -0.25) is 14.4 Å². The standard InChI is InChI=1S/C24H32O7/c1-15-8-7-11-24(6,31-17(3)26)13-9-18-19(20(27)10-12-23(4,5)28)14-29-22(21(15)18)30-16(2)25/h7,10-12,14,18,21-22,28H,1,8-9,13H2,2-6H3/b11-7+,12-10+/t18-,21+,22+,24+/m1/s1. The molecule has 7 nitrogen and oxygen atoms in total. The maximum atomic E-state index is 13.0. The van der Waals surface area contributed by atoms with Crippen molar-refractivity contribution in [1.82, 2.24) is 0 Å². The fourth-order valence-electron chi connectivity index (χ4n) is 3.92. The molecule has 0 amide bonds. The summed E-state index contributed by atoms with van der Waals surface area (Å²) in [7, 11) is 0. The van der Waals surface area contributed by atoms with Gasteiger partial charge in [-0.05, 0) is 58.3 Å². The molecule has 31 heavy (non-hydrogen) atoms. The zero-order valence-corrected chi connectivity index (χ0v) is 18.8. The first kappa shape index (κ1) is 24.6. The number of aliphatic hydroxyl groups is 1. The van der Waals surface area contributed by atoms with E-state index in [0.29, 0.717) is 24.8 Å². The summed E-state index contributed by atoms with van der Waals surface area (Å²) in [5.74, 6) is -2.03. The van der Waals surface area contributed by atoms with Gasteiger partial charge in [0.1, 0.15) is 5.60 Å². The van der Waals surface area contributed by atoms with Crippen molar-refractivity contribution in [2.75, 3.05) is 0 Å². The Hall–Kier alpha value is -2.67. The molecule has 0 bridgehead atoms. The van der Waals surface area contributed by atoms with E-state index < -0.39 is 35.3 Å². The summed E-state index contributed by atoms with van der Waals surface area (Å²) in [6, 6.07) is 0. The van der Waals surface area contributed by atoms with Gasteiger partial charge in [0.15, 0.2) is 5.78 Å². The predicted molar refractivity (Wildman–Crippen MR) is 114 cm³/mol.